The molecule has 0 amide bonds. The molecule has 128 valence electrons. The van der Waals surface area contributed by atoms with Crippen LogP contribution in [0.1, 0.15) is 27.7 Å². The van der Waals surface area contributed by atoms with Gasteiger partial charge in [0.25, 0.3) is 5.17 Å². The lowest BCUT2D eigenvalue weighted by molar-refractivity contribution is -0.423. The minimum atomic E-state index is -0.970. The van der Waals surface area contributed by atoms with E-state index in [9.17, 15) is 4.79 Å². The molecule has 0 aliphatic carbocycles. The second-order valence-electron chi connectivity index (χ2n) is 5.56. The van der Waals surface area contributed by atoms with Gasteiger partial charge in [0, 0.05) is 19.3 Å². The summed E-state index contributed by atoms with van der Waals surface area (Å²) in [5.41, 5.74) is 0. The quantitative estimate of drug-likeness (QED) is 0.463. The number of imidazole rings is 1. The monoisotopic (exact) mass is 344 g/mol. The Hall–Kier alpha value is -1.55. The number of thiocarbonyl (C=S) groups is 1. The van der Waals surface area contributed by atoms with Crippen molar-refractivity contribution in [1.29, 1.82) is 0 Å². The van der Waals surface area contributed by atoms with Crippen molar-refractivity contribution in [3.8, 4) is 0 Å². The number of hydrogen-bond acceptors (Lipinski definition) is 8. The fraction of sp³-hybridized carbons (Fsp3) is 0.643. The summed E-state index contributed by atoms with van der Waals surface area (Å²) >= 11 is 5.24. The van der Waals surface area contributed by atoms with Crippen LogP contribution in [0, 0.1) is 0 Å². The van der Waals surface area contributed by atoms with Crippen molar-refractivity contribution in [3.05, 3.63) is 18.7 Å². The first-order valence-electron chi connectivity index (χ1n) is 7.13. The summed E-state index contributed by atoms with van der Waals surface area (Å²) < 4.78 is 18.1. The molecular weight excluding hydrogens is 324 g/mol. The molecule has 0 spiro atoms. The third-order valence-corrected chi connectivity index (χ3v) is 3.38. The van der Waals surface area contributed by atoms with Gasteiger partial charge in [-0.05, 0) is 33.0 Å². The van der Waals surface area contributed by atoms with Crippen LogP contribution in [0.4, 0.5) is 0 Å². The van der Waals surface area contributed by atoms with Crippen LogP contribution in [0.5, 0.6) is 0 Å². The molecule has 1 fully saturated rings. The van der Waals surface area contributed by atoms with E-state index < -0.39 is 30.1 Å². The van der Waals surface area contributed by atoms with E-state index in [1.54, 1.807) is 30.8 Å². The van der Waals surface area contributed by atoms with Crippen molar-refractivity contribution in [2.75, 3.05) is 6.61 Å². The Labute approximate surface area is 139 Å². The van der Waals surface area contributed by atoms with E-state index in [1.807, 2.05) is 6.92 Å². The third-order valence-electron chi connectivity index (χ3n) is 3.07. The summed E-state index contributed by atoms with van der Waals surface area (Å²) in [5.74, 6) is -1.40. The molecule has 1 aliphatic heterocycles. The Bertz CT molecular complexity index is 547. The van der Waals surface area contributed by atoms with Crippen LogP contribution >= 0.6 is 12.2 Å². The highest BCUT2D eigenvalue weighted by Crippen LogP contribution is 2.26. The fourth-order valence-corrected chi connectivity index (χ4v) is 2.33. The zero-order chi connectivity index (χ0) is 17.0. The molecule has 0 N–H and O–H groups in total. The number of hydrogen-bond donors (Lipinski definition) is 0. The summed E-state index contributed by atoms with van der Waals surface area (Å²) in [5, 5.41) is 0.180. The summed E-state index contributed by atoms with van der Waals surface area (Å²) in [7, 11) is 0. The van der Waals surface area contributed by atoms with Gasteiger partial charge in [0.1, 0.15) is 12.9 Å². The predicted molar refractivity (Wildman–Crippen MR) is 82.3 cm³/mol. The molecule has 1 aromatic heterocycles. The molecule has 9 heteroatoms. The Kier molecular flexibility index (Phi) is 5.69. The van der Waals surface area contributed by atoms with Crippen molar-refractivity contribution in [1.82, 2.24) is 9.55 Å². The maximum Gasteiger partial charge on any atom is 0.302 e. The molecular formula is C14H20N2O6S. The van der Waals surface area contributed by atoms with E-state index in [0.717, 1.165) is 0 Å². The van der Waals surface area contributed by atoms with Crippen LogP contribution in [0.25, 0.3) is 0 Å². The molecule has 2 heterocycles. The molecule has 3 atom stereocenters. The Balaban J connectivity index is 2.14. The second kappa shape index (κ2) is 7.35. The predicted octanol–water partition coefficient (Wildman–Crippen LogP) is 1.44. The summed E-state index contributed by atoms with van der Waals surface area (Å²) in [6.07, 6.45) is 3.01. The molecule has 0 saturated carbocycles. The highest BCUT2D eigenvalue weighted by atomic mass is 32.1. The SMILES string of the molecule is CC(=O)OC[C@H]1OOC(C)(C)O[C@H](C)C1OC(=S)n1ccnc1. The van der Waals surface area contributed by atoms with E-state index in [2.05, 4.69) is 4.98 Å². The van der Waals surface area contributed by atoms with Crippen LogP contribution in [0.15, 0.2) is 18.7 Å². The Morgan fingerprint density at radius 2 is 2.22 bits per heavy atom. The first kappa shape index (κ1) is 17.8. The summed E-state index contributed by atoms with van der Waals surface area (Å²) in [6.45, 7) is 6.50. The zero-order valence-corrected chi connectivity index (χ0v) is 14.2. The number of ether oxygens (including phenoxy) is 3. The number of carbonyl (C=O) groups excluding carboxylic acids is 1. The third kappa shape index (κ3) is 4.96. The molecule has 0 bridgehead atoms. The van der Waals surface area contributed by atoms with E-state index in [4.69, 9.17) is 36.2 Å². The van der Waals surface area contributed by atoms with Crippen molar-refractivity contribution in [2.24, 2.45) is 0 Å². The Morgan fingerprint density at radius 3 is 2.83 bits per heavy atom. The molecule has 23 heavy (non-hydrogen) atoms. The standard InChI is InChI=1S/C14H20N2O6S/c1-9-12(19-13(23)16-6-5-15-8-16)11(7-18-10(2)17)21-22-14(3,4)20-9/h5-6,8-9,11-12H,7H2,1-4H3/t9-,11-,12?/m1/s1. The molecule has 1 unspecified atom stereocenters. The average molecular weight is 344 g/mol. The van der Waals surface area contributed by atoms with Crippen molar-refractivity contribution in [2.45, 2.75) is 51.8 Å². The largest absolute Gasteiger partial charge is 0.463 e. The number of carbonyl (C=O) groups is 1. The minimum absolute atomic E-state index is 0.0453. The lowest BCUT2D eigenvalue weighted by Gasteiger charge is -2.28. The number of nitrogens with zero attached hydrogens (tertiary/aromatic N) is 2. The van der Waals surface area contributed by atoms with E-state index >= 15 is 0 Å². The average Bonchev–Trinajstić information content (AvgIpc) is 2.95. The number of rotatable bonds is 3. The molecule has 1 aromatic rings. The van der Waals surface area contributed by atoms with Crippen molar-refractivity contribution < 1.29 is 28.8 Å². The number of esters is 1. The molecule has 0 aromatic carbocycles. The maximum atomic E-state index is 11.1. The van der Waals surface area contributed by atoms with E-state index in [1.165, 1.54) is 13.3 Å². The maximum absolute atomic E-state index is 11.1. The fourth-order valence-electron chi connectivity index (χ4n) is 2.11. The van der Waals surface area contributed by atoms with E-state index in [-0.39, 0.29) is 11.8 Å². The van der Waals surface area contributed by atoms with Crippen molar-refractivity contribution in [3.63, 3.8) is 0 Å². The topological polar surface area (TPSA) is 81.0 Å². The van der Waals surface area contributed by atoms with Gasteiger partial charge < -0.3 is 14.2 Å². The van der Waals surface area contributed by atoms with Gasteiger partial charge in [-0.3, -0.25) is 9.36 Å². The molecule has 2 rings (SSSR count). The van der Waals surface area contributed by atoms with Crippen molar-refractivity contribution >= 4 is 23.4 Å². The van der Waals surface area contributed by atoms with Crippen LogP contribution in [-0.4, -0.2) is 51.4 Å². The zero-order valence-electron chi connectivity index (χ0n) is 13.4. The van der Waals surface area contributed by atoms with Gasteiger partial charge in [-0.2, -0.15) is 0 Å². The van der Waals surface area contributed by atoms with Crippen LogP contribution in [-0.2, 0) is 28.8 Å². The first-order chi connectivity index (χ1) is 10.8. The van der Waals surface area contributed by atoms with Gasteiger partial charge in [-0.15, -0.1) is 0 Å². The van der Waals surface area contributed by atoms with Gasteiger partial charge in [0.15, 0.2) is 18.0 Å². The van der Waals surface area contributed by atoms with Gasteiger partial charge in [0.2, 0.25) is 0 Å². The first-order valence-corrected chi connectivity index (χ1v) is 7.54. The Morgan fingerprint density at radius 1 is 1.48 bits per heavy atom. The van der Waals surface area contributed by atoms with Gasteiger partial charge in [-0.25, -0.2) is 14.8 Å². The van der Waals surface area contributed by atoms with Gasteiger partial charge in [0.05, 0.1) is 6.10 Å². The highest BCUT2D eigenvalue weighted by Gasteiger charge is 2.41. The van der Waals surface area contributed by atoms with E-state index in [0.29, 0.717) is 0 Å². The van der Waals surface area contributed by atoms with Crippen LogP contribution < -0.4 is 0 Å². The van der Waals surface area contributed by atoms with Crippen LogP contribution in [0.3, 0.4) is 0 Å². The summed E-state index contributed by atoms with van der Waals surface area (Å²) in [4.78, 5) is 25.6. The molecule has 1 saturated heterocycles. The highest BCUT2D eigenvalue weighted by molar-refractivity contribution is 7.80. The lowest BCUT2D eigenvalue weighted by atomic mass is 10.1. The van der Waals surface area contributed by atoms with Gasteiger partial charge in [-0.1, -0.05) is 0 Å². The second-order valence-corrected chi connectivity index (χ2v) is 5.91. The number of aromatic nitrogens is 2. The summed E-state index contributed by atoms with van der Waals surface area (Å²) in [6, 6.07) is 0. The molecule has 0 radical (unpaired) electrons. The van der Waals surface area contributed by atoms with Crippen LogP contribution in [0.2, 0.25) is 0 Å². The smallest absolute Gasteiger partial charge is 0.302 e. The minimum Gasteiger partial charge on any atom is -0.463 e. The molecule has 1 aliphatic rings. The molecule has 8 nitrogen and oxygen atoms in total. The lowest BCUT2D eigenvalue weighted by Crippen LogP contribution is -2.44. The van der Waals surface area contributed by atoms with Gasteiger partial charge >= 0.3 is 5.97 Å². The normalized spacial score (nSPS) is 27.0.